The number of rotatable bonds is 4. The molecule has 3 rings (SSSR count). The van der Waals surface area contributed by atoms with Gasteiger partial charge in [-0.05, 0) is 18.1 Å². The van der Waals surface area contributed by atoms with Crippen molar-refractivity contribution in [3.05, 3.63) is 95.1 Å². The number of aryl methyl sites for hydroxylation is 1. The summed E-state index contributed by atoms with van der Waals surface area (Å²) in [6.45, 7) is 1.94. The van der Waals surface area contributed by atoms with Crippen LogP contribution in [-0.4, -0.2) is 16.9 Å². The van der Waals surface area contributed by atoms with Gasteiger partial charge in [-0.25, -0.2) is 4.79 Å². The number of benzene rings is 3. The van der Waals surface area contributed by atoms with Crippen LogP contribution in [0.1, 0.15) is 31.8 Å². The Kier molecular flexibility index (Phi) is 4.25. The van der Waals surface area contributed by atoms with Crippen LogP contribution in [0.3, 0.4) is 0 Å². The molecular weight excluding hydrogens is 300 g/mol. The van der Waals surface area contributed by atoms with Crippen molar-refractivity contribution in [2.75, 3.05) is 0 Å². The van der Waals surface area contributed by atoms with E-state index < -0.39 is 5.97 Å². The van der Waals surface area contributed by atoms with Gasteiger partial charge in [0.15, 0.2) is 5.78 Å². The summed E-state index contributed by atoms with van der Waals surface area (Å²) in [5.41, 5.74) is 3.08. The molecule has 0 aromatic heterocycles. The van der Waals surface area contributed by atoms with Crippen LogP contribution in [-0.2, 0) is 0 Å². The van der Waals surface area contributed by atoms with E-state index in [0.29, 0.717) is 11.1 Å². The van der Waals surface area contributed by atoms with Crippen LogP contribution in [0, 0.1) is 6.92 Å². The lowest BCUT2D eigenvalue weighted by molar-refractivity contribution is 0.0693. The molecule has 0 amide bonds. The lowest BCUT2D eigenvalue weighted by Crippen LogP contribution is -2.11. The molecule has 0 spiro atoms. The van der Waals surface area contributed by atoms with Crippen LogP contribution in [0.25, 0.3) is 11.1 Å². The number of hydrogen-bond donors (Lipinski definition) is 1. The Morgan fingerprint density at radius 3 is 2.08 bits per heavy atom. The Hall–Kier alpha value is -3.20. The topological polar surface area (TPSA) is 54.4 Å². The molecule has 0 aliphatic carbocycles. The quantitative estimate of drug-likeness (QED) is 0.716. The molecule has 0 aliphatic rings. The number of carbonyl (C=O) groups excluding carboxylic acids is 1. The molecule has 24 heavy (non-hydrogen) atoms. The molecule has 0 unspecified atom stereocenters. The Bertz CT molecular complexity index is 894. The number of aromatic carboxylic acids is 1. The van der Waals surface area contributed by atoms with Gasteiger partial charge in [0.2, 0.25) is 0 Å². The zero-order valence-electron chi connectivity index (χ0n) is 13.2. The SMILES string of the molecule is Cc1ccc(C(=O)c2cccc(-c3ccccc3)c2C(=O)O)cc1. The van der Waals surface area contributed by atoms with Gasteiger partial charge in [0, 0.05) is 11.1 Å². The number of ketones is 1. The second kappa shape index (κ2) is 6.50. The minimum absolute atomic E-state index is 0.0364. The highest BCUT2D eigenvalue weighted by molar-refractivity contribution is 6.16. The molecular formula is C21H16O3. The second-order valence-electron chi connectivity index (χ2n) is 5.59. The Morgan fingerprint density at radius 2 is 1.46 bits per heavy atom. The van der Waals surface area contributed by atoms with Crippen molar-refractivity contribution in [2.45, 2.75) is 6.92 Å². The van der Waals surface area contributed by atoms with Crippen molar-refractivity contribution >= 4 is 11.8 Å². The van der Waals surface area contributed by atoms with Gasteiger partial charge >= 0.3 is 5.97 Å². The number of carboxylic acid groups (broad SMARTS) is 1. The fourth-order valence-corrected chi connectivity index (χ4v) is 2.69. The molecule has 0 saturated heterocycles. The average Bonchev–Trinajstić information content (AvgIpc) is 2.61. The zero-order chi connectivity index (χ0) is 17.1. The lowest BCUT2D eigenvalue weighted by atomic mass is 9.91. The van der Waals surface area contributed by atoms with Gasteiger partial charge in [0.25, 0.3) is 0 Å². The molecule has 1 N–H and O–H groups in total. The van der Waals surface area contributed by atoms with Gasteiger partial charge in [-0.1, -0.05) is 78.4 Å². The standard InChI is InChI=1S/C21H16O3/c1-14-10-12-16(13-11-14)20(22)18-9-5-8-17(19(18)21(23)24)15-6-3-2-4-7-15/h2-13H,1H3,(H,23,24). The summed E-state index contributed by atoms with van der Waals surface area (Å²) in [4.78, 5) is 24.7. The predicted octanol–water partition coefficient (Wildman–Crippen LogP) is 4.59. The first-order valence-electron chi connectivity index (χ1n) is 7.61. The van der Waals surface area contributed by atoms with E-state index in [1.54, 1.807) is 30.3 Å². The van der Waals surface area contributed by atoms with Gasteiger partial charge < -0.3 is 5.11 Å². The monoisotopic (exact) mass is 316 g/mol. The third-order valence-electron chi connectivity index (χ3n) is 3.92. The van der Waals surface area contributed by atoms with E-state index in [2.05, 4.69) is 0 Å². The summed E-state index contributed by atoms with van der Waals surface area (Å²) >= 11 is 0. The lowest BCUT2D eigenvalue weighted by Gasteiger charge is -2.11. The molecule has 0 bridgehead atoms. The van der Waals surface area contributed by atoms with Gasteiger partial charge in [-0.15, -0.1) is 0 Å². The highest BCUT2D eigenvalue weighted by Crippen LogP contribution is 2.28. The van der Waals surface area contributed by atoms with Crippen LogP contribution < -0.4 is 0 Å². The minimum Gasteiger partial charge on any atom is -0.478 e. The first-order chi connectivity index (χ1) is 11.6. The van der Waals surface area contributed by atoms with Crippen molar-refractivity contribution < 1.29 is 14.7 Å². The second-order valence-corrected chi connectivity index (χ2v) is 5.59. The van der Waals surface area contributed by atoms with Gasteiger partial charge in [0.1, 0.15) is 0 Å². The van der Waals surface area contributed by atoms with Crippen molar-refractivity contribution in [1.82, 2.24) is 0 Å². The highest BCUT2D eigenvalue weighted by Gasteiger charge is 2.21. The summed E-state index contributed by atoms with van der Waals surface area (Å²) in [7, 11) is 0. The number of hydrogen-bond acceptors (Lipinski definition) is 2. The first kappa shape index (κ1) is 15.7. The highest BCUT2D eigenvalue weighted by atomic mass is 16.4. The largest absolute Gasteiger partial charge is 0.478 e. The molecule has 3 aromatic rings. The van der Waals surface area contributed by atoms with E-state index >= 15 is 0 Å². The molecule has 3 nitrogen and oxygen atoms in total. The van der Waals surface area contributed by atoms with Crippen LogP contribution in [0.5, 0.6) is 0 Å². The molecule has 0 radical (unpaired) electrons. The Morgan fingerprint density at radius 1 is 0.792 bits per heavy atom. The zero-order valence-corrected chi connectivity index (χ0v) is 13.2. The summed E-state index contributed by atoms with van der Waals surface area (Å²) in [5.74, 6) is -1.39. The summed E-state index contributed by atoms with van der Waals surface area (Å²) in [5, 5.41) is 9.70. The predicted molar refractivity (Wildman–Crippen MR) is 93.4 cm³/mol. The number of carbonyl (C=O) groups is 2. The molecule has 118 valence electrons. The molecule has 0 atom stereocenters. The van der Waals surface area contributed by atoms with Crippen LogP contribution in [0.15, 0.2) is 72.8 Å². The summed E-state index contributed by atoms with van der Waals surface area (Å²) in [6, 6.07) is 21.4. The fraction of sp³-hybridized carbons (Fsp3) is 0.0476. The van der Waals surface area contributed by atoms with Crippen LogP contribution in [0.4, 0.5) is 0 Å². The molecule has 0 fully saturated rings. The maximum Gasteiger partial charge on any atom is 0.337 e. The third-order valence-corrected chi connectivity index (χ3v) is 3.92. The smallest absolute Gasteiger partial charge is 0.337 e. The Labute approximate surface area is 140 Å². The van der Waals surface area contributed by atoms with Crippen LogP contribution >= 0.6 is 0 Å². The van der Waals surface area contributed by atoms with Crippen molar-refractivity contribution in [2.24, 2.45) is 0 Å². The van der Waals surface area contributed by atoms with E-state index in [1.165, 1.54) is 0 Å². The van der Waals surface area contributed by atoms with E-state index in [9.17, 15) is 14.7 Å². The van der Waals surface area contributed by atoms with Crippen molar-refractivity contribution in [3.8, 4) is 11.1 Å². The van der Waals surface area contributed by atoms with Crippen LogP contribution in [0.2, 0.25) is 0 Å². The van der Waals surface area contributed by atoms with E-state index in [1.807, 2.05) is 49.4 Å². The minimum atomic E-state index is -1.11. The normalized spacial score (nSPS) is 10.4. The van der Waals surface area contributed by atoms with Gasteiger partial charge in [0.05, 0.1) is 5.56 Å². The first-order valence-corrected chi connectivity index (χ1v) is 7.61. The van der Waals surface area contributed by atoms with E-state index in [4.69, 9.17) is 0 Å². The summed E-state index contributed by atoms with van der Waals surface area (Å²) < 4.78 is 0. The van der Waals surface area contributed by atoms with Crippen molar-refractivity contribution in [1.29, 1.82) is 0 Å². The fourth-order valence-electron chi connectivity index (χ4n) is 2.69. The van der Waals surface area contributed by atoms with E-state index in [0.717, 1.165) is 11.1 Å². The van der Waals surface area contributed by atoms with Gasteiger partial charge in [-0.2, -0.15) is 0 Å². The average molecular weight is 316 g/mol. The molecule has 0 saturated carbocycles. The van der Waals surface area contributed by atoms with Gasteiger partial charge in [-0.3, -0.25) is 4.79 Å². The molecule has 0 heterocycles. The van der Waals surface area contributed by atoms with Crippen molar-refractivity contribution in [3.63, 3.8) is 0 Å². The Balaban J connectivity index is 2.16. The maximum absolute atomic E-state index is 12.8. The number of carboxylic acids is 1. The third kappa shape index (κ3) is 2.97. The van der Waals surface area contributed by atoms with E-state index in [-0.39, 0.29) is 16.9 Å². The molecule has 0 aliphatic heterocycles. The molecule has 3 aromatic carbocycles. The molecule has 3 heteroatoms. The summed E-state index contributed by atoms with van der Waals surface area (Å²) in [6.07, 6.45) is 0. The maximum atomic E-state index is 12.8.